The molecule has 0 aromatic heterocycles. The van der Waals surface area contributed by atoms with E-state index in [1.807, 2.05) is 0 Å². The van der Waals surface area contributed by atoms with Gasteiger partial charge in [-0.3, -0.25) is 0 Å². The van der Waals surface area contributed by atoms with E-state index in [4.69, 9.17) is 0 Å². The molecule has 0 amide bonds. The standard InChI is InChI=1S/C36H60N4/c1-5-13-33-17-19-34(20-18-33)14-6-2-11-27-39-31-32-40-28-12-4-8-16-36-23-21-35(22-24-36)15-7-3-10-26-38-30-29-37-25-9-1/h17-24,37-40H,1-16,25-32H2. The number of benzene rings is 2. The van der Waals surface area contributed by atoms with Crippen LogP contribution in [0, 0.1) is 0 Å². The van der Waals surface area contributed by atoms with E-state index in [0.717, 1.165) is 52.4 Å². The summed E-state index contributed by atoms with van der Waals surface area (Å²) in [5.74, 6) is 0. The number of nitrogens with one attached hydrogen (secondary N) is 4. The number of hydrogen-bond donors (Lipinski definition) is 4. The van der Waals surface area contributed by atoms with Crippen LogP contribution >= 0.6 is 0 Å². The van der Waals surface area contributed by atoms with Gasteiger partial charge in [-0.15, -0.1) is 0 Å². The van der Waals surface area contributed by atoms with Crippen LogP contribution in [-0.2, 0) is 25.7 Å². The van der Waals surface area contributed by atoms with Crippen LogP contribution < -0.4 is 21.3 Å². The molecule has 0 saturated heterocycles. The fourth-order valence-corrected chi connectivity index (χ4v) is 5.62. The van der Waals surface area contributed by atoms with Gasteiger partial charge < -0.3 is 21.3 Å². The molecule has 0 unspecified atom stereocenters. The summed E-state index contributed by atoms with van der Waals surface area (Å²) in [6.45, 7) is 8.92. The van der Waals surface area contributed by atoms with Gasteiger partial charge in [0, 0.05) is 26.2 Å². The van der Waals surface area contributed by atoms with E-state index in [2.05, 4.69) is 69.8 Å². The second-order valence-corrected chi connectivity index (χ2v) is 11.9. The zero-order valence-electron chi connectivity index (χ0n) is 25.6. The molecule has 4 N–H and O–H groups in total. The lowest BCUT2D eigenvalue weighted by Gasteiger charge is -2.08. The Labute approximate surface area is 246 Å². The van der Waals surface area contributed by atoms with Gasteiger partial charge in [0.25, 0.3) is 0 Å². The molecule has 4 aliphatic rings. The molecule has 6 rings (SSSR count). The van der Waals surface area contributed by atoms with Gasteiger partial charge in [-0.2, -0.15) is 0 Å². The maximum absolute atomic E-state index is 3.61. The first-order chi connectivity index (χ1) is 19.9. The Kier molecular flexibility index (Phi) is 18.8. The van der Waals surface area contributed by atoms with Crippen molar-refractivity contribution in [2.45, 2.75) is 103 Å². The summed E-state index contributed by atoms with van der Waals surface area (Å²) >= 11 is 0. The fourth-order valence-electron chi connectivity index (χ4n) is 5.62. The van der Waals surface area contributed by atoms with Gasteiger partial charge in [-0.25, -0.2) is 0 Å². The molecule has 40 heavy (non-hydrogen) atoms. The first-order valence-corrected chi connectivity index (χ1v) is 16.9. The van der Waals surface area contributed by atoms with Crippen LogP contribution in [0.3, 0.4) is 0 Å². The average Bonchev–Trinajstić information content (AvgIpc) is 2.98. The normalized spacial score (nSPS) is 20.2. The van der Waals surface area contributed by atoms with Crippen LogP contribution in [0.25, 0.3) is 0 Å². The van der Waals surface area contributed by atoms with Crippen molar-refractivity contribution in [1.82, 2.24) is 21.3 Å². The Bertz CT molecular complexity index is 691. The smallest absolute Gasteiger partial charge is 0.00767 e. The molecule has 4 heteroatoms. The maximum Gasteiger partial charge on any atom is 0.00767 e. The van der Waals surface area contributed by atoms with E-state index >= 15 is 0 Å². The highest BCUT2D eigenvalue weighted by Crippen LogP contribution is 2.13. The minimum Gasteiger partial charge on any atom is -0.315 e. The lowest BCUT2D eigenvalue weighted by atomic mass is 10.0. The molecule has 4 bridgehead atoms. The molecule has 0 spiro atoms. The van der Waals surface area contributed by atoms with Crippen molar-refractivity contribution in [2.75, 3.05) is 52.4 Å². The van der Waals surface area contributed by atoms with Gasteiger partial charge >= 0.3 is 0 Å². The SMILES string of the molecule is c1cc2ccc1CCCCCNCCNCCCCCc1ccc(cc1)CCCCCNCCNCCCCC2. The summed E-state index contributed by atoms with van der Waals surface area (Å²) in [5.41, 5.74) is 6.00. The molecule has 4 heterocycles. The van der Waals surface area contributed by atoms with E-state index in [-0.39, 0.29) is 0 Å². The first kappa shape index (κ1) is 32.8. The second kappa shape index (κ2) is 22.9. The van der Waals surface area contributed by atoms with Crippen molar-refractivity contribution in [3.05, 3.63) is 70.8 Å². The predicted octanol–water partition coefficient (Wildman–Crippen LogP) is 6.61. The Morgan fingerprint density at radius 2 is 0.475 bits per heavy atom. The molecule has 2 aromatic carbocycles. The van der Waals surface area contributed by atoms with E-state index in [1.165, 1.54) is 125 Å². The van der Waals surface area contributed by atoms with Gasteiger partial charge in [-0.1, -0.05) is 74.2 Å². The number of aryl methyl sites for hydroxylation is 4. The molecule has 0 aliphatic carbocycles. The van der Waals surface area contributed by atoms with Crippen molar-refractivity contribution < 1.29 is 0 Å². The summed E-state index contributed by atoms with van der Waals surface area (Å²) in [5, 5.41) is 14.4. The van der Waals surface area contributed by atoms with E-state index in [9.17, 15) is 0 Å². The molecule has 0 atom stereocenters. The van der Waals surface area contributed by atoms with E-state index in [0.29, 0.717) is 0 Å². The molecule has 0 fully saturated rings. The van der Waals surface area contributed by atoms with Gasteiger partial charge in [0.05, 0.1) is 0 Å². The fraction of sp³-hybridized carbons (Fsp3) is 0.667. The molecule has 224 valence electrons. The summed E-state index contributed by atoms with van der Waals surface area (Å²) in [6.07, 6.45) is 20.4. The average molecular weight is 549 g/mol. The molecule has 0 saturated carbocycles. The van der Waals surface area contributed by atoms with Crippen LogP contribution in [-0.4, -0.2) is 52.4 Å². The minimum atomic E-state index is 1.08. The Morgan fingerprint density at radius 3 is 0.700 bits per heavy atom. The Hall–Kier alpha value is -1.72. The van der Waals surface area contributed by atoms with Crippen molar-refractivity contribution in [3.8, 4) is 0 Å². The molecular formula is C36H60N4. The third-order valence-electron chi connectivity index (χ3n) is 8.28. The van der Waals surface area contributed by atoms with Crippen LogP contribution in [0.2, 0.25) is 0 Å². The van der Waals surface area contributed by atoms with Crippen LogP contribution in [0.1, 0.15) is 99.3 Å². The monoisotopic (exact) mass is 548 g/mol. The highest BCUT2D eigenvalue weighted by molar-refractivity contribution is 5.23. The lowest BCUT2D eigenvalue weighted by molar-refractivity contribution is 0.557. The first-order valence-electron chi connectivity index (χ1n) is 16.9. The van der Waals surface area contributed by atoms with Crippen molar-refractivity contribution in [2.24, 2.45) is 0 Å². The topological polar surface area (TPSA) is 48.1 Å². The summed E-state index contributed by atoms with van der Waals surface area (Å²) in [7, 11) is 0. The third kappa shape index (κ3) is 16.5. The van der Waals surface area contributed by atoms with E-state index < -0.39 is 0 Å². The van der Waals surface area contributed by atoms with Crippen LogP contribution in [0.15, 0.2) is 48.5 Å². The van der Waals surface area contributed by atoms with E-state index in [1.54, 1.807) is 0 Å². The molecule has 4 aliphatic heterocycles. The largest absolute Gasteiger partial charge is 0.315 e. The Balaban J connectivity index is 1.30. The molecule has 4 nitrogen and oxygen atoms in total. The zero-order valence-corrected chi connectivity index (χ0v) is 25.6. The highest BCUT2D eigenvalue weighted by atomic mass is 14.9. The highest BCUT2D eigenvalue weighted by Gasteiger charge is 2.00. The quantitative estimate of drug-likeness (QED) is 0.299. The second-order valence-electron chi connectivity index (χ2n) is 11.9. The van der Waals surface area contributed by atoms with Crippen molar-refractivity contribution in [3.63, 3.8) is 0 Å². The summed E-state index contributed by atoms with van der Waals surface area (Å²) in [4.78, 5) is 0. The summed E-state index contributed by atoms with van der Waals surface area (Å²) < 4.78 is 0. The predicted molar refractivity (Wildman–Crippen MR) is 175 cm³/mol. The molecule has 0 radical (unpaired) electrons. The lowest BCUT2D eigenvalue weighted by Crippen LogP contribution is -2.28. The minimum absolute atomic E-state index is 1.08. The zero-order chi connectivity index (χ0) is 27.8. The van der Waals surface area contributed by atoms with Crippen molar-refractivity contribution in [1.29, 1.82) is 0 Å². The van der Waals surface area contributed by atoms with Crippen molar-refractivity contribution >= 4 is 0 Å². The van der Waals surface area contributed by atoms with Gasteiger partial charge in [0.2, 0.25) is 0 Å². The Morgan fingerprint density at radius 1 is 0.250 bits per heavy atom. The number of hydrogen-bond acceptors (Lipinski definition) is 4. The van der Waals surface area contributed by atoms with Crippen LogP contribution in [0.5, 0.6) is 0 Å². The van der Waals surface area contributed by atoms with Gasteiger partial charge in [0.1, 0.15) is 0 Å². The van der Waals surface area contributed by atoms with Gasteiger partial charge in [-0.05, 0) is 125 Å². The third-order valence-corrected chi connectivity index (χ3v) is 8.28. The van der Waals surface area contributed by atoms with Gasteiger partial charge in [0.15, 0.2) is 0 Å². The molecular weight excluding hydrogens is 488 g/mol. The maximum atomic E-state index is 3.61. The number of rotatable bonds is 0. The van der Waals surface area contributed by atoms with Crippen LogP contribution in [0.4, 0.5) is 0 Å². The summed E-state index contributed by atoms with van der Waals surface area (Å²) in [6, 6.07) is 18.9. The molecule has 2 aromatic rings.